The van der Waals surface area contributed by atoms with E-state index in [-0.39, 0.29) is 6.04 Å². The van der Waals surface area contributed by atoms with Crippen molar-refractivity contribution >= 4 is 22.7 Å². The van der Waals surface area contributed by atoms with Gasteiger partial charge in [0.05, 0.1) is 11.7 Å². The van der Waals surface area contributed by atoms with E-state index in [2.05, 4.69) is 37.5 Å². The van der Waals surface area contributed by atoms with E-state index in [0.29, 0.717) is 0 Å². The summed E-state index contributed by atoms with van der Waals surface area (Å²) in [7, 11) is 2.01. The monoisotopic (exact) mass is 266 g/mol. The Kier molecular flexibility index (Phi) is 3.97. The molecule has 0 aliphatic heterocycles. The highest BCUT2D eigenvalue weighted by Crippen LogP contribution is 2.32. The molecule has 0 saturated heterocycles. The third kappa shape index (κ3) is 2.44. The van der Waals surface area contributed by atoms with Crippen LogP contribution in [0.1, 0.15) is 39.0 Å². The largest absolute Gasteiger partial charge is 0.307 e. The van der Waals surface area contributed by atoms with Crippen LogP contribution in [0, 0.1) is 13.8 Å². The summed E-state index contributed by atoms with van der Waals surface area (Å²) >= 11 is 3.62. The van der Waals surface area contributed by atoms with Crippen LogP contribution < -0.4 is 5.32 Å². The molecule has 0 bridgehead atoms. The average Bonchev–Trinajstić information content (AvgIpc) is 2.88. The van der Waals surface area contributed by atoms with Crippen molar-refractivity contribution in [2.45, 2.75) is 33.2 Å². The van der Waals surface area contributed by atoms with Gasteiger partial charge >= 0.3 is 0 Å². The highest BCUT2D eigenvalue weighted by Gasteiger charge is 2.20. The summed E-state index contributed by atoms with van der Waals surface area (Å²) in [6.07, 6.45) is 1.02. The van der Waals surface area contributed by atoms with E-state index in [4.69, 9.17) is 4.98 Å². The fourth-order valence-corrected chi connectivity index (χ4v) is 4.19. The van der Waals surface area contributed by atoms with E-state index in [9.17, 15) is 0 Å². The minimum Gasteiger partial charge on any atom is -0.307 e. The van der Waals surface area contributed by atoms with Crippen molar-refractivity contribution < 1.29 is 0 Å². The molecule has 1 unspecified atom stereocenters. The molecule has 0 saturated carbocycles. The van der Waals surface area contributed by atoms with Crippen LogP contribution in [0.15, 0.2) is 11.4 Å². The van der Waals surface area contributed by atoms with Crippen LogP contribution in [0.5, 0.6) is 0 Å². The minimum absolute atomic E-state index is 0.249. The van der Waals surface area contributed by atoms with E-state index >= 15 is 0 Å². The number of nitrogens with one attached hydrogen (secondary N) is 1. The van der Waals surface area contributed by atoms with Gasteiger partial charge in [-0.1, -0.05) is 6.92 Å². The maximum absolute atomic E-state index is 4.76. The number of hydrogen-bond acceptors (Lipinski definition) is 4. The number of rotatable bonds is 4. The van der Waals surface area contributed by atoms with Crippen molar-refractivity contribution in [1.29, 1.82) is 0 Å². The molecular formula is C13H18N2S2. The summed E-state index contributed by atoms with van der Waals surface area (Å²) in [5, 5.41) is 6.72. The molecule has 0 aliphatic rings. The summed E-state index contributed by atoms with van der Waals surface area (Å²) < 4.78 is 0. The van der Waals surface area contributed by atoms with Gasteiger partial charge < -0.3 is 5.32 Å². The van der Waals surface area contributed by atoms with Gasteiger partial charge in [-0.25, -0.2) is 4.98 Å². The third-order valence-corrected chi connectivity index (χ3v) is 5.11. The lowest BCUT2D eigenvalue weighted by molar-refractivity contribution is 0.691. The van der Waals surface area contributed by atoms with E-state index in [1.807, 2.05) is 18.4 Å². The Bertz CT molecular complexity index is 499. The number of nitrogens with zero attached hydrogens (tertiary/aromatic N) is 1. The van der Waals surface area contributed by atoms with Crippen LogP contribution in [0.25, 0.3) is 0 Å². The van der Waals surface area contributed by atoms with Crippen LogP contribution in [0.2, 0.25) is 0 Å². The van der Waals surface area contributed by atoms with Crippen molar-refractivity contribution in [3.8, 4) is 0 Å². The molecule has 0 aliphatic carbocycles. The van der Waals surface area contributed by atoms with Crippen molar-refractivity contribution in [2.24, 2.45) is 0 Å². The predicted molar refractivity (Wildman–Crippen MR) is 76.2 cm³/mol. The van der Waals surface area contributed by atoms with Gasteiger partial charge in [-0.15, -0.1) is 22.7 Å². The first-order chi connectivity index (χ1) is 8.17. The minimum atomic E-state index is 0.249. The average molecular weight is 266 g/mol. The molecule has 1 atom stereocenters. The summed E-state index contributed by atoms with van der Waals surface area (Å²) in [5.74, 6) is 0. The van der Waals surface area contributed by atoms with Gasteiger partial charge in [0, 0.05) is 9.75 Å². The summed E-state index contributed by atoms with van der Waals surface area (Å²) in [6, 6.07) is 2.42. The SMILES string of the molecule is CCc1nc(C(NC)c2sccc2C)sc1C. The normalized spacial score (nSPS) is 12.9. The smallest absolute Gasteiger partial charge is 0.115 e. The van der Waals surface area contributed by atoms with Gasteiger partial charge in [0.2, 0.25) is 0 Å². The van der Waals surface area contributed by atoms with E-state index in [1.165, 1.54) is 26.0 Å². The molecule has 2 nitrogen and oxygen atoms in total. The quantitative estimate of drug-likeness (QED) is 0.913. The second-order valence-electron chi connectivity index (χ2n) is 4.10. The highest BCUT2D eigenvalue weighted by atomic mass is 32.1. The zero-order valence-corrected chi connectivity index (χ0v) is 12.3. The Balaban J connectivity index is 2.39. The van der Waals surface area contributed by atoms with Gasteiger partial charge in [0.15, 0.2) is 0 Å². The van der Waals surface area contributed by atoms with Crippen molar-refractivity contribution in [3.05, 3.63) is 37.5 Å². The zero-order valence-electron chi connectivity index (χ0n) is 10.7. The van der Waals surface area contributed by atoms with Crippen LogP contribution in [-0.2, 0) is 6.42 Å². The summed E-state index contributed by atoms with van der Waals surface area (Å²) in [4.78, 5) is 7.48. The van der Waals surface area contributed by atoms with Crippen molar-refractivity contribution in [1.82, 2.24) is 10.3 Å². The van der Waals surface area contributed by atoms with Crippen LogP contribution >= 0.6 is 22.7 Å². The molecule has 0 fully saturated rings. The Morgan fingerprint density at radius 3 is 2.65 bits per heavy atom. The first-order valence-corrected chi connectivity index (χ1v) is 7.54. The molecule has 17 heavy (non-hydrogen) atoms. The summed E-state index contributed by atoms with van der Waals surface area (Å²) in [6.45, 7) is 6.49. The molecule has 4 heteroatoms. The predicted octanol–water partition coefficient (Wildman–Crippen LogP) is 3.69. The molecule has 0 amide bonds. The van der Waals surface area contributed by atoms with Crippen LogP contribution in [0.4, 0.5) is 0 Å². The maximum atomic E-state index is 4.76. The molecule has 92 valence electrons. The lowest BCUT2D eigenvalue weighted by Crippen LogP contribution is -2.17. The standard InChI is InChI=1S/C13H18N2S2/c1-5-10-9(3)17-13(15-10)11(14-4)12-8(2)6-7-16-12/h6-7,11,14H,5H2,1-4H3. The topological polar surface area (TPSA) is 24.9 Å². The Hall–Kier alpha value is -0.710. The van der Waals surface area contributed by atoms with Gasteiger partial charge in [0.25, 0.3) is 0 Å². The Morgan fingerprint density at radius 2 is 2.18 bits per heavy atom. The van der Waals surface area contributed by atoms with Crippen molar-refractivity contribution in [2.75, 3.05) is 7.05 Å². The number of thiazole rings is 1. The first kappa shape index (κ1) is 12.7. The van der Waals surface area contributed by atoms with Crippen molar-refractivity contribution in [3.63, 3.8) is 0 Å². The number of hydrogen-bond donors (Lipinski definition) is 1. The fraction of sp³-hybridized carbons (Fsp3) is 0.462. The molecule has 2 rings (SSSR count). The van der Waals surface area contributed by atoms with Gasteiger partial charge in [-0.3, -0.25) is 0 Å². The van der Waals surface area contributed by atoms with Crippen LogP contribution in [-0.4, -0.2) is 12.0 Å². The van der Waals surface area contributed by atoms with Gasteiger partial charge in [-0.2, -0.15) is 0 Å². The fourth-order valence-electron chi connectivity index (χ4n) is 1.95. The summed E-state index contributed by atoms with van der Waals surface area (Å²) in [5.41, 5.74) is 2.58. The highest BCUT2D eigenvalue weighted by molar-refractivity contribution is 7.12. The third-order valence-electron chi connectivity index (χ3n) is 2.94. The molecule has 1 N–H and O–H groups in total. The Morgan fingerprint density at radius 1 is 1.41 bits per heavy atom. The number of aryl methyl sites for hydroxylation is 3. The molecule has 0 radical (unpaired) electrons. The lowest BCUT2D eigenvalue weighted by Gasteiger charge is -2.12. The zero-order chi connectivity index (χ0) is 12.4. The van der Waals surface area contributed by atoms with E-state index in [1.54, 1.807) is 11.3 Å². The molecule has 0 aromatic carbocycles. The second kappa shape index (κ2) is 5.29. The number of thiophene rings is 1. The molecule has 2 heterocycles. The van der Waals surface area contributed by atoms with Crippen LogP contribution in [0.3, 0.4) is 0 Å². The van der Waals surface area contributed by atoms with Gasteiger partial charge in [-0.05, 0) is 44.3 Å². The number of aromatic nitrogens is 1. The molecular weight excluding hydrogens is 248 g/mol. The lowest BCUT2D eigenvalue weighted by atomic mass is 10.2. The molecule has 0 spiro atoms. The second-order valence-corrected chi connectivity index (χ2v) is 6.28. The molecule has 2 aromatic heterocycles. The van der Waals surface area contributed by atoms with E-state index in [0.717, 1.165) is 6.42 Å². The molecule has 2 aromatic rings. The first-order valence-electron chi connectivity index (χ1n) is 5.84. The van der Waals surface area contributed by atoms with Gasteiger partial charge in [0.1, 0.15) is 5.01 Å². The Labute approximate surface area is 111 Å². The maximum Gasteiger partial charge on any atom is 0.115 e. The van der Waals surface area contributed by atoms with E-state index < -0.39 is 0 Å².